The highest BCUT2D eigenvalue weighted by atomic mass is 16.5. The van der Waals surface area contributed by atoms with Crippen molar-refractivity contribution in [3.63, 3.8) is 0 Å². The number of ether oxygens (including phenoxy) is 1. The predicted molar refractivity (Wildman–Crippen MR) is 108 cm³/mol. The lowest BCUT2D eigenvalue weighted by Gasteiger charge is -2.12. The largest absolute Gasteiger partial charge is 0.504 e. The number of allylic oxidation sites excluding steroid dienone is 1. The smallest absolute Gasteiger partial charge is 0.280 e. The minimum Gasteiger partial charge on any atom is -0.504 e. The summed E-state index contributed by atoms with van der Waals surface area (Å²) >= 11 is 0. The normalized spacial score (nSPS) is 15.2. The number of carbonyl (C=O) groups excluding carboxylic acids is 1. The maximum atomic E-state index is 12.9. The number of phenolic OH excluding ortho intramolecular Hbond substituents is 1. The van der Waals surface area contributed by atoms with E-state index in [0.29, 0.717) is 35.6 Å². The van der Waals surface area contributed by atoms with Crippen LogP contribution < -0.4 is 9.75 Å². The van der Waals surface area contributed by atoms with Gasteiger partial charge in [0.15, 0.2) is 11.5 Å². The van der Waals surface area contributed by atoms with Crippen LogP contribution in [0, 0.1) is 0 Å². The van der Waals surface area contributed by atoms with E-state index in [4.69, 9.17) is 4.74 Å². The SMILES string of the molecule is C=CCc1cc(/C=C2\C(=O)N(c3ccccc3)N=C2C)cc(OCC)c1O. The third kappa shape index (κ3) is 3.77. The van der Waals surface area contributed by atoms with Gasteiger partial charge in [0.25, 0.3) is 5.91 Å². The number of nitrogens with zero attached hydrogens (tertiary/aromatic N) is 2. The van der Waals surface area contributed by atoms with Crippen LogP contribution in [0.5, 0.6) is 11.5 Å². The summed E-state index contributed by atoms with van der Waals surface area (Å²) in [5.74, 6) is 0.312. The molecule has 0 bridgehead atoms. The highest BCUT2D eigenvalue weighted by molar-refractivity contribution is 6.32. The van der Waals surface area contributed by atoms with Gasteiger partial charge in [0.05, 0.1) is 23.6 Å². The number of hydrogen-bond acceptors (Lipinski definition) is 4. The van der Waals surface area contributed by atoms with Crippen molar-refractivity contribution < 1.29 is 14.6 Å². The lowest BCUT2D eigenvalue weighted by atomic mass is 10.0. The average molecular weight is 362 g/mol. The Kier molecular flexibility index (Phi) is 5.41. The molecule has 1 aliphatic heterocycles. The molecule has 0 aromatic heterocycles. The molecule has 0 fully saturated rings. The number of aromatic hydroxyl groups is 1. The van der Waals surface area contributed by atoms with E-state index in [9.17, 15) is 9.90 Å². The van der Waals surface area contributed by atoms with Crippen LogP contribution in [0.25, 0.3) is 6.08 Å². The summed E-state index contributed by atoms with van der Waals surface area (Å²) in [6.07, 6.45) is 3.99. The van der Waals surface area contributed by atoms with Gasteiger partial charge in [0.1, 0.15) is 0 Å². The van der Waals surface area contributed by atoms with E-state index < -0.39 is 0 Å². The Labute approximate surface area is 158 Å². The number of anilines is 1. The number of amides is 1. The van der Waals surface area contributed by atoms with E-state index in [1.54, 1.807) is 25.1 Å². The van der Waals surface area contributed by atoms with Crippen LogP contribution in [-0.4, -0.2) is 23.3 Å². The molecule has 0 saturated carbocycles. The van der Waals surface area contributed by atoms with Gasteiger partial charge in [0.2, 0.25) is 0 Å². The fraction of sp³-hybridized carbons (Fsp3) is 0.182. The van der Waals surface area contributed by atoms with Gasteiger partial charge in [-0.05, 0) is 56.2 Å². The second-order valence-electron chi connectivity index (χ2n) is 6.15. The molecule has 0 atom stereocenters. The van der Waals surface area contributed by atoms with E-state index in [-0.39, 0.29) is 11.7 Å². The Balaban J connectivity index is 2.00. The van der Waals surface area contributed by atoms with Crippen molar-refractivity contribution >= 4 is 23.4 Å². The van der Waals surface area contributed by atoms with Crippen molar-refractivity contribution in [1.29, 1.82) is 0 Å². The van der Waals surface area contributed by atoms with Gasteiger partial charge in [-0.15, -0.1) is 6.58 Å². The highest BCUT2D eigenvalue weighted by Crippen LogP contribution is 2.34. The first kappa shape index (κ1) is 18.5. The molecular formula is C22H22N2O3. The molecule has 5 heteroatoms. The lowest BCUT2D eigenvalue weighted by molar-refractivity contribution is -0.114. The minimum atomic E-state index is -0.185. The van der Waals surface area contributed by atoms with Gasteiger partial charge in [-0.1, -0.05) is 24.3 Å². The van der Waals surface area contributed by atoms with Crippen molar-refractivity contribution in [2.75, 3.05) is 11.6 Å². The molecule has 1 aliphatic rings. The summed E-state index contributed by atoms with van der Waals surface area (Å²) in [6.45, 7) is 7.82. The zero-order valence-corrected chi connectivity index (χ0v) is 15.5. The first-order valence-electron chi connectivity index (χ1n) is 8.81. The zero-order valence-electron chi connectivity index (χ0n) is 15.5. The fourth-order valence-electron chi connectivity index (χ4n) is 2.94. The Morgan fingerprint density at radius 1 is 1.26 bits per heavy atom. The summed E-state index contributed by atoms with van der Waals surface area (Å²) in [5, 5.41) is 16.1. The average Bonchev–Trinajstić information content (AvgIpc) is 2.94. The second kappa shape index (κ2) is 7.91. The van der Waals surface area contributed by atoms with Gasteiger partial charge in [-0.3, -0.25) is 4.79 Å². The van der Waals surface area contributed by atoms with Crippen molar-refractivity contribution in [3.8, 4) is 11.5 Å². The van der Waals surface area contributed by atoms with E-state index in [0.717, 1.165) is 11.3 Å². The molecule has 1 heterocycles. The lowest BCUT2D eigenvalue weighted by Crippen LogP contribution is -2.21. The van der Waals surface area contributed by atoms with E-state index in [1.807, 2.05) is 43.3 Å². The first-order chi connectivity index (χ1) is 13.0. The topological polar surface area (TPSA) is 62.1 Å². The minimum absolute atomic E-state index is 0.105. The molecule has 138 valence electrons. The van der Waals surface area contributed by atoms with Crippen LogP contribution in [0.2, 0.25) is 0 Å². The third-order valence-corrected chi connectivity index (χ3v) is 4.21. The molecule has 27 heavy (non-hydrogen) atoms. The molecule has 2 aromatic carbocycles. The van der Waals surface area contributed by atoms with Gasteiger partial charge in [0, 0.05) is 5.56 Å². The molecular weight excluding hydrogens is 340 g/mol. The van der Waals surface area contributed by atoms with Crippen LogP contribution in [0.1, 0.15) is 25.0 Å². The van der Waals surface area contributed by atoms with Crippen molar-refractivity contribution in [3.05, 3.63) is 71.8 Å². The molecule has 2 aromatic rings. The molecule has 0 unspecified atom stereocenters. The van der Waals surface area contributed by atoms with Crippen LogP contribution in [-0.2, 0) is 11.2 Å². The van der Waals surface area contributed by atoms with Crippen LogP contribution in [0.15, 0.2) is 65.8 Å². The Bertz CT molecular complexity index is 930. The van der Waals surface area contributed by atoms with Gasteiger partial charge in [-0.2, -0.15) is 10.1 Å². The molecule has 5 nitrogen and oxygen atoms in total. The van der Waals surface area contributed by atoms with Crippen LogP contribution in [0.4, 0.5) is 5.69 Å². The molecule has 0 spiro atoms. The van der Waals surface area contributed by atoms with Gasteiger partial charge in [-0.25, -0.2) is 0 Å². The van der Waals surface area contributed by atoms with Crippen LogP contribution in [0.3, 0.4) is 0 Å². The molecule has 0 saturated heterocycles. The quantitative estimate of drug-likeness (QED) is 0.615. The number of hydrogen-bond donors (Lipinski definition) is 1. The van der Waals surface area contributed by atoms with Crippen LogP contribution >= 0.6 is 0 Å². The van der Waals surface area contributed by atoms with Crippen molar-refractivity contribution in [1.82, 2.24) is 0 Å². The second-order valence-corrected chi connectivity index (χ2v) is 6.15. The number of benzene rings is 2. The first-order valence-corrected chi connectivity index (χ1v) is 8.81. The Morgan fingerprint density at radius 3 is 2.67 bits per heavy atom. The Hall–Kier alpha value is -3.34. The summed E-state index contributed by atoms with van der Waals surface area (Å²) < 4.78 is 5.53. The number of carbonyl (C=O) groups is 1. The highest BCUT2D eigenvalue weighted by Gasteiger charge is 2.28. The molecule has 0 aliphatic carbocycles. The maximum absolute atomic E-state index is 12.9. The van der Waals surface area contributed by atoms with E-state index in [2.05, 4.69) is 11.7 Å². The molecule has 1 N–H and O–H groups in total. The molecule has 1 amide bonds. The third-order valence-electron chi connectivity index (χ3n) is 4.21. The number of hydrazone groups is 1. The summed E-state index contributed by atoms with van der Waals surface area (Å²) in [6, 6.07) is 12.9. The van der Waals surface area contributed by atoms with E-state index in [1.165, 1.54) is 5.01 Å². The summed E-state index contributed by atoms with van der Waals surface area (Å²) in [7, 11) is 0. The molecule has 3 rings (SSSR count). The number of rotatable bonds is 6. The summed E-state index contributed by atoms with van der Waals surface area (Å²) in [5.41, 5.74) is 3.33. The monoisotopic (exact) mass is 362 g/mol. The number of phenols is 1. The van der Waals surface area contributed by atoms with Crippen molar-refractivity contribution in [2.24, 2.45) is 5.10 Å². The van der Waals surface area contributed by atoms with Crippen molar-refractivity contribution in [2.45, 2.75) is 20.3 Å². The van der Waals surface area contributed by atoms with Gasteiger partial charge >= 0.3 is 0 Å². The standard InChI is InChI=1S/C22H22N2O3/c1-4-9-17-12-16(14-20(21(17)25)27-5-2)13-19-15(3)23-24(22(19)26)18-10-7-6-8-11-18/h4,6-8,10-14,25H,1,5,9H2,2-3H3/b19-13-. The fourth-order valence-corrected chi connectivity index (χ4v) is 2.94. The zero-order chi connectivity index (χ0) is 19.4. The Morgan fingerprint density at radius 2 is 2.00 bits per heavy atom. The summed E-state index contributed by atoms with van der Waals surface area (Å²) in [4.78, 5) is 12.9. The molecule has 0 radical (unpaired) electrons. The number of para-hydroxylation sites is 1. The predicted octanol–water partition coefficient (Wildman–Crippen LogP) is 4.33. The van der Waals surface area contributed by atoms with Gasteiger partial charge < -0.3 is 9.84 Å². The van der Waals surface area contributed by atoms with E-state index >= 15 is 0 Å². The maximum Gasteiger partial charge on any atom is 0.280 e.